The summed E-state index contributed by atoms with van der Waals surface area (Å²) in [6.45, 7) is 1.28. The van der Waals surface area contributed by atoms with Crippen LogP contribution < -0.4 is 10.6 Å². The summed E-state index contributed by atoms with van der Waals surface area (Å²) in [6.07, 6.45) is 1.33. The number of halogens is 1. The molecule has 3 aromatic rings. The van der Waals surface area contributed by atoms with Crippen molar-refractivity contribution in [1.29, 1.82) is 0 Å². The predicted octanol–water partition coefficient (Wildman–Crippen LogP) is 2.67. The minimum atomic E-state index is -3.91. The fraction of sp³-hybridized carbons (Fsp3) is 0.182. The van der Waals surface area contributed by atoms with Crippen molar-refractivity contribution in [3.8, 4) is 0 Å². The Bertz CT molecular complexity index is 1160. The monoisotopic (exact) mass is 444 g/mol. The summed E-state index contributed by atoms with van der Waals surface area (Å²) in [5.74, 6) is -2.42. The summed E-state index contributed by atoms with van der Waals surface area (Å²) in [5, 5.41) is 3.41. The molecule has 162 valence electrons. The van der Waals surface area contributed by atoms with Gasteiger partial charge in [-0.05, 0) is 37.3 Å². The molecule has 9 heteroatoms. The van der Waals surface area contributed by atoms with Gasteiger partial charge in [0.25, 0.3) is 0 Å². The number of carbonyl (C=O) groups excluding carboxylic acids is 2. The van der Waals surface area contributed by atoms with Crippen LogP contribution in [0, 0.1) is 12.7 Å². The second-order valence-electron chi connectivity index (χ2n) is 6.85. The first-order chi connectivity index (χ1) is 14.8. The Morgan fingerprint density at radius 2 is 1.65 bits per heavy atom. The van der Waals surface area contributed by atoms with Crippen molar-refractivity contribution in [1.82, 2.24) is 10.6 Å². The maximum absolute atomic E-state index is 13.6. The molecule has 2 N–H and O–H groups in total. The number of carbonyl (C=O) groups is 2. The third-order valence-corrected chi connectivity index (χ3v) is 6.71. The van der Waals surface area contributed by atoms with Gasteiger partial charge in [0.1, 0.15) is 16.8 Å². The first-order valence-electron chi connectivity index (χ1n) is 9.42. The molecule has 0 aliphatic heterocycles. The van der Waals surface area contributed by atoms with E-state index in [1.54, 1.807) is 18.2 Å². The first-order valence-corrected chi connectivity index (χ1v) is 11.0. The third kappa shape index (κ3) is 5.37. The Labute approximate surface area is 179 Å². The minimum absolute atomic E-state index is 0.0674. The lowest BCUT2D eigenvalue weighted by Gasteiger charge is -2.17. The van der Waals surface area contributed by atoms with E-state index in [-0.39, 0.29) is 29.3 Å². The largest absolute Gasteiger partial charge is 0.468 e. The van der Waals surface area contributed by atoms with E-state index in [9.17, 15) is 22.4 Å². The molecule has 0 aliphatic rings. The van der Waals surface area contributed by atoms with Crippen LogP contribution in [-0.2, 0) is 26.0 Å². The molecule has 1 atom stereocenters. The molecule has 0 spiro atoms. The Morgan fingerprint density at radius 1 is 0.968 bits per heavy atom. The highest BCUT2D eigenvalue weighted by molar-refractivity contribution is 7.91. The number of rotatable bonds is 7. The van der Waals surface area contributed by atoms with Crippen molar-refractivity contribution in [2.75, 3.05) is 6.54 Å². The van der Waals surface area contributed by atoms with Crippen molar-refractivity contribution in [2.45, 2.75) is 23.6 Å². The molecular weight excluding hydrogens is 423 g/mol. The number of amides is 2. The van der Waals surface area contributed by atoms with E-state index in [0.717, 1.165) is 5.56 Å². The smallest absolute Gasteiger partial charge is 0.309 e. The van der Waals surface area contributed by atoms with Crippen LogP contribution in [0.3, 0.4) is 0 Å². The van der Waals surface area contributed by atoms with Crippen molar-refractivity contribution >= 4 is 21.7 Å². The standard InChI is InChI=1S/C22H21FN2O5S/c1-15-8-10-17(11-9-15)31(28,29)20(19-7-4-12-30-19)14-25-22(27)21(26)24-13-16-5-2-3-6-18(16)23/h2-12,20H,13-14H2,1H3,(H,24,26)(H,25,27)/t20-/m1/s1. The molecule has 0 saturated heterocycles. The van der Waals surface area contributed by atoms with Gasteiger partial charge in [0, 0.05) is 18.7 Å². The fourth-order valence-corrected chi connectivity index (χ4v) is 4.48. The summed E-state index contributed by atoms with van der Waals surface area (Å²) in [4.78, 5) is 24.3. The number of sulfone groups is 1. The highest BCUT2D eigenvalue weighted by Crippen LogP contribution is 2.29. The fourth-order valence-electron chi connectivity index (χ4n) is 2.89. The molecule has 0 radical (unpaired) electrons. The van der Waals surface area contributed by atoms with Gasteiger partial charge >= 0.3 is 11.8 Å². The van der Waals surface area contributed by atoms with E-state index >= 15 is 0 Å². The van der Waals surface area contributed by atoms with Crippen LogP contribution in [0.15, 0.2) is 76.2 Å². The molecule has 1 heterocycles. The van der Waals surface area contributed by atoms with Crippen LogP contribution in [0.1, 0.15) is 22.1 Å². The SMILES string of the molecule is Cc1ccc(S(=O)(=O)[C@H](CNC(=O)C(=O)NCc2ccccc2F)c2ccco2)cc1. The Balaban J connectivity index is 1.69. The maximum Gasteiger partial charge on any atom is 0.309 e. The van der Waals surface area contributed by atoms with Crippen LogP contribution in [0.4, 0.5) is 4.39 Å². The molecule has 7 nitrogen and oxygen atoms in total. The van der Waals surface area contributed by atoms with Crippen molar-refractivity contribution < 1.29 is 26.8 Å². The highest BCUT2D eigenvalue weighted by Gasteiger charge is 2.32. The van der Waals surface area contributed by atoms with Crippen LogP contribution in [0.2, 0.25) is 0 Å². The van der Waals surface area contributed by atoms with Gasteiger partial charge in [-0.25, -0.2) is 12.8 Å². The summed E-state index contributed by atoms with van der Waals surface area (Å²) >= 11 is 0. The average molecular weight is 444 g/mol. The molecule has 3 rings (SSSR count). The Kier molecular flexibility index (Phi) is 6.86. The average Bonchev–Trinajstić information content (AvgIpc) is 3.27. The van der Waals surface area contributed by atoms with Crippen molar-refractivity contribution in [2.24, 2.45) is 0 Å². The van der Waals surface area contributed by atoms with Gasteiger partial charge in [0.2, 0.25) is 0 Å². The Hall–Kier alpha value is -3.46. The van der Waals surface area contributed by atoms with E-state index in [2.05, 4.69) is 10.6 Å². The zero-order valence-electron chi connectivity index (χ0n) is 16.7. The third-order valence-electron chi connectivity index (χ3n) is 4.64. The van der Waals surface area contributed by atoms with Crippen LogP contribution in [0.5, 0.6) is 0 Å². The molecule has 31 heavy (non-hydrogen) atoms. The minimum Gasteiger partial charge on any atom is -0.468 e. The zero-order chi connectivity index (χ0) is 22.4. The lowest BCUT2D eigenvalue weighted by atomic mass is 10.2. The lowest BCUT2D eigenvalue weighted by Crippen LogP contribution is -2.42. The van der Waals surface area contributed by atoms with Gasteiger partial charge in [-0.1, -0.05) is 35.9 Å². The summed E-state index contributed by atoms with van der Waals surface area (Å²) in [6, 6.07) is 15.1. The molecule has 0 saturated carbocycles. The van der Waals surface area contributed by atoms with Gasteiger partial charge in [-0.3, -0.25) is 9.59 Å². The number of hydrogen-bond acceptors (Lipinski definition) is 5. The van der Waals surface area contributed by atoms with Gasteiger partial charge in [0.15, 0.2) is 9.84 Å². The second kappa shape index (κ2) is 9.57. The van der Waals surface area contributed by atoms with E-state index < -0.39 is 32.7 Å². The summed E-state index contributed by atoms with van der Waals surface area (Å²) < 4.78 is 45.1. The van der Waals surface area contributed by atoms with Crippen LogP contribution in [0.25, 0.3) is 0 Å². The van der Waals surface area contributed by atoms with Gasteiger partial charge < -0.3 is 15.1 Å². The van der Waals surface area contributed by atoms with E-state index in [1.165, 1.54) is 48.7 Å². The topological polar surface area (TPSA) is 105 Å². The number of furan rings is 1. The van der Waals surface area contributed by atoms with Crippen molar-refractivity contribution in [3.05, 3.63) is 89.6 Å². The second-order valence-corrected chi connectivity index (χ2v) is 8.98. The molecule has 0 bridgehead atoms. The number of nitrogens with one attached hydrogen (secondary N) is 2. The molecule has 0 aliphatic carbocycles. The quantitative estimate of drug-likeness (QED) is 0.545. The van der Waals surface area contributed by atoms with Crippen LogP contribution in [-0.4, -0.2) is 26.8 Å². The normalized spacial score (nSPS) is 12.2. The zero-order valence-corrected chi connectivity index (χ0v) is 17.5. The maximum atomic E-state index is 13.6. The molecular formula is C22H21FN2O5S. The van der Waals surface area contributed by atoms with Crippen LogP contribution >= 0.6 is 0 Å². The summed E-state index contributed by atoms with van der Waals surface area (Å²) in [5.41, 5.74) is 1.12. The Morgan fingerprint density at radius 3 is 2.29 bits per heavy atom. The first kappa shape index (κ1) is 22.2. The molecule has 0 unspecified atom stereocenters. The highest BCUT2D eigenvalue weighted by atomic mass is 32.2. The van der Waals surface area contributed by atoms with Gasteiger partial charge in [0.05, 0.1) is 11.2 Å². The van der Waals surface area contributed by atoms with E-state index in [0.29, 0.717) is 0 Å². The molecule has 0 fully saturated rings. The molecule has 2 amide bonds. The number of hydrogen-bond donors (Lipinski definition) is 2. The molecule has 1 aromatic heterocycles. The van der Waals surface area contributed by atoms with E-state index in [1.807, 2.05) is 6.92 Å². The number of benzene rings is 2. The lowest BCUT2D eigenvalue weighted by molar-refractivity contribution is -0.139. The molecule has 2 aromatic carbocycles. The summed E-state index contributed by atoms with van der Waals surface area (Å²) in [7, 11) is -3.91. The predicted molar refractivity (Wildman–Crippen MR) is 111 cm³/mol. The number of aryl methyl sites for hydroxylation is 1. The van der Waals surface area contributed by atoms with Crippen molar-refractivity contribution in [3.63, 3.8) is 0 Å². The van der Waals surface area contributed by atoms with Gasteiger partial charge in [-0.15, -0.1) is 0 Å². The van der Waals surface area contributed by atoms with E-state index in [4.69, 9.17) is 4.42 Å². The van der Waals surface area contributed by atoms with Gasteiger partial charge in [-0.2, -0.15) is 0 Å².